The monoisotopic (exact) mass is 406 g/mol. The summed E-state index contributed by atoms with van der Waals surface area (Å²) >= 11 is 5.92. The third-order valence-electron chi connectivity index (χ3n) is 3.44. The molecule has 0 unspecified atom stereocenters. The van der Waals surface area contributed by atoms with Crippen LogP contribution in [0.5, 0.6) is 0 Å². The van der Waals surface area contributed by atoms with E-state index < -0.39 is 39.1 Å². The van der Waals surface area contributed by atoms with Crippen molar-refractivity contribution in [2.24, 2.45) is 0 Å². The van der Waals surface area contributed by atoms with Crippen LogP contribution in [0.15, 0.2) is 47.4 Å². The van der Waals surface area contributed by atoms with E-state index >= 15 is 0 Å². The summed E-state index contributed by atoms with van der Waals surface area (Å²) in [4.78, 5) is 11.3. The molecule has 26 heavy (non-hydrogen) atoms. The molecule has 0 spiro atoms. The normalized spacial score (nSPS) is 12.0. The zero-order chi connectivity index (χ0) is 19.5. The summed E-state index contributed by atoms with van der Waals surface area (Å²) in [6, 6.07) is 8.07. The molecule has 0 fully saturated rings. The minimum atomic E-state index is -4.67. The van der Waals surface area contributed by atoms with Crippen LogP contribution in [0.1, 0.15) is 11.1 Å². The van der Waals surface area contributed by atoms with Crippen LogP contribution in [0.3, 0.4) is 0 Å². The first-order chi connectivity index (χ1) is 12.0. The molecule has 2 N–H and O–H groups in total. The van der Waals surface area contributed by atoms with Gasteiger partial charge in [0, 0.05) is 10.7 Å². The van der Waals surface area contributed by atoms with Gasteiger partial charge < -0.3 is 5.32 Å². The lowest BCUT2D eigenvalue weighted by atomic mass is 10.2. The molecule has 0 aliphatic heterocycles. The average Bonchev–Trinajstić information content (AvgIpc) is 2.57. The van der Waals surface area contributed by atoms with Crippen LogP contribution in [0.2, 0.25) is 5.02 Å². The molecule has 5 nitrogen and oxygen atoms in total. The molecule has 1 amide bonds. The Bertz CT molecular complexity index is 931. The molecule has 0 aromatic heterocycles. The predicted octanol–water partition coefficient (Wildman–Crippen LogP) is 3.58. The van der Waals surface area contributed by atoms with Gasteiger partial charge >= 0.3 is 6.18 Å². The van der Waals surface area contributed by atoms with Gasteiger partial charge in [0.15, 0.2) is 0 Å². The van der Waals surface area contributed by atoms with Crippen LogP contribution in [-0.2, 0) is 21.0 Å². The summed E-state index contributed by atoms with van der Waals surface area (Å²) in [5.74, 6) is -0.689. The number of benzene rings is 2. The fraction of sp³-hybridized carbons (Fsp3) is 0.188. The summed E-state index contributed by atoms with van der Waals surface area (Å²) in [5.41, 5.74) is -0.0941. The Kier molecular flexibility index (Phi) is 5.94. The number of alkyl halides is 3. The van der Waals surface area contributed by atoms with E-state index in [0.717, 1.165) is 18.2 Å². The van der Waals surface area contributed by atoms with Crippen molar-refractivity contribution < 1.29 is 26.4 Å². The van der Waals surface area contributed by atoms with E-state index in [2.05, 4.69) is 5.32 Å². The Balaban J connectivity index is 2.08. The van der Waals surface area contributed by atoms with E-state index in [1.807, 2.05) is 4.72 Å². The average molecular weight is 407 g/mol. The highest BCUT2D eigenvalue weighted by atomic mass is 35.5. The van der Waals surface area contributed by atoms with Crippen LogP contribution in [0.4, 0.5) is 18.9 Å². The largest absolute Gasteiger partial charge is 0.416 e. The van der Waals surface area contributed by atoms with Gasteiger partial charge in [-0.15, -0.1) is 0 Å². The van der Waals surface area contributed by atoms with E-state index in [-0.39, 0.29) is 0 Å². The Hall–Kier alpha value is -2.10. The second-order valence-electron chi connectivity index (χ2n) is 5.31. The van der Waals surface area contributed by atoms with Gasteiger partial charge in [-0.2, -0.15) is 13.2 Å². The fourth-order valence-electron chi connectivity index (χ4n) is 2.02. The van der Waals surface area contributed by atoms with Gasteiger partial charge in [0.25, 0.3) is 0 Å². The van der Waals surface area contributed by atoms with Gasteiger partial charge in [-0.05, 0) is 42.8 Å². The van der Waals surface area contributed by atoms with Gasteiger partial charge in [0.1, 0.15) is 0 Å². The lowest BCUT2D eigenvalue weighted by molar-refractivity contribution is -0.137. The summed E-state index contributed by atoms with van der Waals surface area (Å²) in [6.07, 6.45) is -4.67. The van der Waals surface area contributed by atoms with Crippen molar-refractivity contribution in [2.45, 2.75) is 18.0 Å². The molecule has 2 rings (SSSR count). The van der Waals surface area contributed by atoms with Crippen molar-refractivity contribution in [3.05, 3.63) is 58.6 Å². The first-order valence-electron chi connectivity index (χ1n) is 7.22. The maximum Gasteiger partial charge on any atom is 0.416 e. The number of nitrogens with one attached hydrogen (secondary N) is 2. The van der Waals surface area contributed by atoms with E-state index in [4.69, 9.17) is 11.6 Å². The van der Waals surface area contributed by atoms with Crippen molar-refractivity contribution >= 4 is 33.2 Å². The summed E-state index contributed by atoms with van der Waals surface area (Å²) < 4.78 is 64.3. The zero-order valence-electron chi connectivity index (χ0n) is 13.4. The Morgan fingerprint density at radius 2 is 1.81 bits per heavy atom. The number of anilines is 1. The second-order valence-corrected chi connectivity index (χ2v) is 7.48. The minimum absolute atomic E-state index is 0.403. The molecular weight excluding hydrogens is 393 g/mol. The highest BCUT2D eigenvalue weighted by molar-refractivity contribution is 7.89. The molecule has 0 radical (unpaired) electrons. The highest BCUT2D eigenvalue weighted by Crippen LogP contribution is 2.30. The van der Waals surface area contributed by atoms with Crippen molar-refractivity contribution in [1.29, 1.82) is 0 Å². The molecule has 0 saturated carbocycles. The quantitative estimate of drug-likeness (QED) is 0.796. The van der Waals surface area contributed by atoms with Gasteiger partial charge in [0.2, 0.25) is 15.9 Å². The molecule has 0 aliphatic rings. The van der Waals surface area contributed by atoms with Crippen LogP contribution in [0.25, 0.3) is 0 Å². The number of carbonyl (C=O) groups is 1. The van der Waals surface area contributed by atoms with Crippen molar-refractivity contribution in [2.75, 3.05) is 11.9 Å². The lowest BCUT2D eigenvalue weighted by Gasteiger charge is -2.12. The van der Waals surface area contributed by atoms with Crippen molar-refractivity contribution in [1.82, 2.24) is 4.72 Å². The Labute approximate surface area is 153 Å². The second kappa shape index (κ2) is 7.65. The number of amides is 1. The highest BCUT2D eigenvalue weighted by Gasteiger charge is 2.31. The predicted molar refractivity (Wildman–Crippen MR) is 91.5 cm³/mol. The SMILES string of the molecule is Cc1c(Cl)cccc1NC(=O)CNS(=O)(=O)c1cccc(C(F)(F)F)c1. The van der Waals surface area contributed by atoms with E-state index in [9.17, 15) is 26.4 Å². The third kappa shape index (κ3) is 4.96. The van der Waals surface area contributed by atoms with Crippen molar-refractivity contribution in [3.63, 3.8) is 0 Å². The number of carbonyl (C=O) groups excluding carboxylic acids is 1. The van der Waals surface area contributed by atoms with Crippen LogP contribution >= 0.6 is 11.6 Å². The van der Waals surface area contributed by atoms with Gasteiger partial charge in [-0.3, -0.25) is 4.79 Å². The number of hydrogen-bond acceptors (Lipinski definition) is 3. The molecular formula is C16H14ClF3N2O3S. The number of hydrogen-bond donors (Lipinski definition) is 2. The molecule has 0 heterocycles. The molecule has 2 aromatic carbocycles. The molecule has 140 valence electrons. The Morgan fingerprint density at radius 1 is 1.15 bits per heavy atom. The molecule has 0 bridgehead atoms. The first kappa shape index (κ1) is 20.2. The Morgan fingerprint density at radius 3 is 2.46 bits per heavy atom. The smallest absolute Gasteiger partial charge is 0.325 e. The van der Waals surface area contributed by atoms with Crippen molar-refractivity contribution in [3.8, 4) is 0 Å². The van der Waals surface area contributed by atoms with Crippen LogP contribution in [0, 0.1) is 6.92 Å². The first-order valence-corrected chi connectivity index (χ1v) is 9.09. The molecule has 10 heteroatoms. The van der Waals surface area contributed by atoms with Crippen LogP contribution in [-0.4, -0.2) is 20.9 Å². The standard InChI is InChI=1S/C16H14ClF3N2O3S/c1-10-13(17)6-3-7-14(10)22-15(23)9-21-26(24,25)12-5-2-4-11(8-12)16(18,19)20/h2-8,21H,9H2,1H3,(H,22,23). The maximum atomic E-state index is 12.7. The number of halogens is 4. The summed E-state index contributed by atoms with van der Waals surface area (Å²) in [5, 5.41) is 2.90. The van der Waals surface area contributed by atoms with Gasteiger partial charge in [-0.1, -0.05) is 23.7 Å². The summed E-state index contributed by atoms with van der Waals surface area (Å²) in [6.45, 7) is 1.02. The minimum Gasteiger partial charge on any atom is -0.325 e. The zero-order valence-corrected chi connectivity index (χ0v) is 15.0. The lowest BCUT2D eigenvalue weighted by Crippen LogP contribution is -2.33. The van der Waals surface area contributed by atoms with Crippen LogP contribution < -0.4 is 10.0 Å². The topological polar surface area (TPSA) is 75.3 Å². The molecule has 2 aromatic rings. The number of sulfonamides is 1. The van der Waals surface area contributed by atoms with E-state index in [1.165, 1.54) is 0 Å². The molecule has 0 saturated heterocycles. The molecule has 0 aliphatic carbocycles. The van der Waals surface area contributed by atoms with Gasteiger partial charge in [-0.25, -0.2) is 13.1 Å². The van der Waals surface area contributed by atoms with E-state index in [1.54, 1.807) is 25.1 Å². The maximum absolute atomic E-state index is 12.7. The number of rotatable bonds is 5. The van der Waals surface area contributed by atoms with E-state index in [0.29, 0.717) is 22.3 Å². The van der Waals surface area contributed by atoms with Gasteiger partial charge in [0.05, 0.1) is 17.0 Å². The molecule has 0 atom stereocenters. The summed E-state index contributed by atoms with van der Waals surface area (Å²) in [7, 11) is -4.29. The third-order valence-corrected chi connectivity index (χ3v) is 5.24. The fourth-order valence-corrected chi connectivity index (χ4v) is 3.22.